The molecule has 26 heavy (non-hydrogen) atoms. The van der Waals surface area contributed by atoms with Gasteiger partial charge in [0.1, 0.15) is 12.1 Å². The molecular formula is C19H23IN2O4. The molecule has 1 rings (SSSR count). The summed E-state index contributed by atoms with van der Waals surface area (Å²) in [5.41, 5.74) is 1.49. The molecule has 2 atom stereocenters. The van der Waals surface area contributed by atoms with Crippen molar-refractivity contribution in [3.8, 4) is 0 Å². The smallest absolute Gasteiger partial charge is 0.328 e. The minimum absolute atomic E-state index is 0.201. The predicted molar refractivity (Wildman–Crippen MR) is 108 cm³/mol. The fourth-order valence-corrected chi connectivity index (χ4v) is 2.62. The highest BCUT2D eigenvalue weighted by Gasteiger charge is 2.27. The Morgan fingerprint density at radius 2 is 1.81 bits per heavy atom. The summed E-state index contributed by atoms with van der Waals surface area (Å²) in [4.78, 5) is 36.1. The summed E-state index contributed by atoms with van der Waals surface area (Å²) in [6.45, 7) is 8.69. The largest absolute Gasteiger partial charge is 0.467 e. The van der Waals surface area contributed by atoms with Gasteiger partial charge in [0.05, 0.1) is 7.11 Å². The number of hydrogen-bond acceptors (Lipinski definition) is 4. The van der Waals surface area contributed by atoms with Crippen LogP contribution in [0.15, 0.2) is 49.1 Å². The first kappa shape index (κ1) is 21.9. The molecule has 2 N–H and O–H groups in total. The van der Waals surface area contributed by atoms with E-state index >= 15 is 0 Å². The Hall–Kier alpha value is -2.16. The van der Waals surface area contributed by atoms with Gasteiger partial charge in [0, 0.05) is 23.3 Å². The van der Waals surface area contributed by atoms with Crippen molar-refractivity contribution < 1.29 is 19.1 Å². The molecule has 0 heterocycles. The van der Waals surface area contributed by atoms with Crippen LogP contribution in [0.4, 0.5) is 0 Å². The third-order valence-electron chi connectivity index (χ3n) is 3.60. The molecular weight excluding hydrogens is 447 g/mol. The highest BCUT2D eigenvalue weighted by atomic mass is 127. The summed E-state index contributed by atoms with van der Waals surface area (Å²) >= 11 is 2.19. The van der Waals surface area contributed by atoms with Gasteiger partial charge >= 0.3 is 5.97 Å². The van der Waals surface area contributed by atoms with Crippen molar-refractivity contribution in [2.45, 2.75) is 31.8 Å². The van der Waals surface area contributed by atoms with E-state index in [1.165, 1.54) is 20.1 Å². The van der Waals surface area contributed by atoms with Crippen molar-refractivity contribution in [1.82, 2.24) is 10.6 Å². The van der Waals surface area contributed by atoms with Gasteiger partial charge in [-0.2, -0.15) is 0 Å². The van der Waals surface area contributed by atoms with Crippen LogP contribution < -0.4 is 10.6 Å². The summed E-state index contributed by atoms with van der Waals surface area (Å²) in [6, 6.07) is 5.90. The van der Waals surface area contributed by atoms with Gasteiger partial charge in [-0.05, 0) is 40.3 Å². The molecule has 0 radical (unpaired) electrons. The summed E-state index contributed by atoms with van der Waals surface area (Å²) < 4.78 is 5.86. The third-order valence-corrected chi connectivity index (χ3v) is 4.32. The van der Waals surface area contributed by atoms with E-state index in [2.05, 4.69) is 46.4 Å². The number of benzene rings is 1. The van der Waals surface area contributed by atoms with Crippen LogP contribution in [0.2, 0.25) is 0 Å². The Labute approximate surface area is 167 Å². The lowest BCUT2D eigenvalue weighted by molar-refractivity contribution is -0.145. The average Bonchev–Trinajstić information content (AvgIpc) is 2.61. The predicted octanol–water partition coefficient (Wildman–Crippen LogP) is 2.13. The van der Waals surface area contributed by atoms with Gasteiger partial charge in [0.2, 0.25) is 11.8 Å². The summed E-state index contributed by atoms with van der Waals surface area (Å²) in [5, 5.41) is 5.23. The Kier molecular flexibility index (Phi) is 9.04. The van der Waals surface area contributed by atoms with Gasteiger partial charge in [0.25, 0.3) is 0 Å². The van der Waals surface area contributed by atoms with Crippen LogP contribution in [0.25, 0.3) is 0 Å². The Morgan fingerprint density at radius 1 is 1.19 bits per heavy atom. The zero-order valence-electron chi connectivity index (χ0n) is 14.9. The number of nitrogens with one attached hydrogen (secondary N) is 2. The van der Waals surface area contributed by atoms with Gasteiger partial charge in [0.15, 0.2) is 0 Å². The Balaban J connectivity index is 2.91. The van der Waals surface area contributed by atoms with Crippen molar-refractivity contribution in [3.05, 3.63) is 58.2 Å². The first-order chi connectivity index (χ1) is 12.3. The molecule has 6 nitrogen and oxygen atoms in total. The lowest BCUT2D eigenvalue weighted by Gasteiger charge is -2.22. The molecule has 2 amide bonds. The number of methoxy groups -OCH3 is 1. The molecule has 1 aromatic rings. The number of ether oxygens (including phenoxy) is 1. The van der Waals surface area contributed by atoms with Gasteiger partial charge in [-0.25, -0.2) is 4.79 Å². The molecule has 0 saturated heterocycles. The normalized spacial score (nSPS) is 12.4. The molecule has 1 aromatic carbocycles. The van der Waals surface area contributed by atoms with Crippen LogP contribution in [-0.2, 0) is 25.5 Å². The molecule has 0 aromatic heterocycles. The van der Waals surface area contributed by atoms with E-state index in [4.69, 9.17) is 4.74 Å². The van der Waals surface area contributed by atoms with E-state index in [1.54, 1.807) is 0 Å². The quantitative estimate of drug-likeness (QED) is 0.329. The number of allylic oxidation sites excluding steroid dienone is 1. The molecule has 0 fully saturated rings. The Morgan fingerprint density at radius 3 is 2.31 bits per heavy atom. The van der Waals surface area contributed by atoms with E-state index in [0.29, 0.717) is 5.57 Å². The van der Waals surface area contributed by atoms with Crippen molar-refractivity contribution in [2.75, 3.05) is 7.11 Å². The van der Waals surface area contributed by atoms with Crippen molar-refractivity contribution in [1.29, 1.82) is 0 Å². The highest BCUT2D eigenvalue weighted by molar-refractivity contribution is 14.1. The zero-order chi connectivity index (χ0) is 19.7. The summed E-state index contributed by atoms with van der Waals surface area (Å²) in [5.74, 6) is -1.39. The van der Waals surface area contributed by atoms with Crippen LogP contribution in [0.3, 0.4) is 0 Å². The van der Waals surface area contributed by atoms with E-state index in [-0.39, 0.29) is 18.7 Å². The second kappa shape index (κ2) is 10.7. The first-order valence-electron chi connectivity index (χ1n) is 7.96. The molecule has 0 bridgehead atoms. The summed E-state index contributed by atoms with van der Waals surface area (Å²) in [7, 11) is 1.26. The van der Waals surface area contributed by atoms with E-state index in [0.717, 1.165) is 9.13 Å². The van der Waals surface area contributed by atoms with Gasteiger partial charge in [-0.1, -0.05) is 36.9 Å². The lowest BCUT2D eigenvalue weighted by atomic mass is 10.0. The number of carbonyl (C=O) groups excluding carboxylic acids is 3. The number of halogens is 1. The van der Waals surface area contributed by atoms with Crippen LogP contribution >= 0.6 is 22.6 Å². The van der Waals surface area contributed by atoms with Crippen LogP contribution in [0.1, 0.15) is 18.9 Å². The molecule has 0 aliphatic rings. The van der Waals surface area contributed by atoms with E-state index in [9.17, 15) is 14.4 Å². The standard InChI is InChI=1S/C19H23IN2O4/c1-5-12(2)10-16(21-13(3)23)18(24)22-17(19(25)26-4)11-14-6-8-15(20)9-7-14/h5-9,16-17H,1-2,10-11H2,3-4H3,(H,21,23)(H,22,24)/t16-,17-/m0/s1. The van der Waals surface area contributed by atoms with E-state index < -0.39 is 24.0 Å². The summed E-state index contributed by atoms with van der Waals surface area (Å²) in [6.07, 6.45) is 2.00. The van der Waals surface area contributed by atoms with Crippen molar-refractivity contribution in [2.24, 2.45) is 0 Å². The molecule has 7 heteroatoms. The number of hydrogen-bond donors (Lipinski definition) is 2. The van der Waals surface area contributed by atoms with Gasteiger partial charge in [-0.3, -0.25) is 9.59 Å². The molecule has 0 spiro atoms. The number of carbonyl (C=O) groups is 3. The monoisotopic (exact) mass is 470 g/mol. The molecule has 0 saturated carbocycles. The van der Waals surface area contributed by atoms with E-state index in [1.807, 2.05) is 24.3 Å². The lowest BCUT2D eigenvalue weighted by Crippen LogP contribution is -2.52. The number of rotatable bonds is 9. The number of amides is 2. The molecule has 140 valence electrons. The number of esters is 1. The average molecular weight is 470 g/mol. The maximum absolute atomic E-state index is 12.6. The minimum Gasteiger partial charge on any atom is -0.467 e. The van der Waals surface area contributed by atoms with Crippen molar-refractivity contribution in [3.63, 3.8) is 0 Å². The SMILES string of the molecule is C=CC(=C)C[C@H](NC(C)=O)C(=O)N[C@@H](Cc1ccc(I)cc1)C(=O)OC. The maximum atomic E-state index is 12.6. The van der Waals surface area contributed by atoms with Crippen LogP contribution in [-0.4, -0.2) is 37.0 Å². The van der Waals surface area contributed by atoms with Crippen molar-refractivity contribution >= 4 is 40.4 Å². The van der Waals surface area contributed by atoms with Gasteiger partial charge < -0.3 is 15.4 Å². The van der Waals surface area contributed by atoms with Crippen LogP contribution in [0, 0.1) is 3.57 Å². The fourth-order valence-electron chi connectivity index (χ4n) is 2.26. The third kappa shape index (κ3) is 7.38. The topological polar surface area (TPSA) is 84.5 Å². The van der Waals surface area contributed by atoms with Crippen LogP contribution in [0.5, 0.6) is 0 Å². The second-order valence-corrected chi connectivity index (χ2v) is 6.98. The maximum Gasteiger partial charge on any atom is 0.328 e. The fraction of sp³-hybridized carbons (Fsp3) is 0.316. The molecule has 0 aliphatic heterocycles. The first-order valence-corrected chi connectivity index (χ1v) is 9.04. The molecule has 0 unspecified atom stereocenters. The second-order valence-electron chi connectivity index (χ2n) is 5.73. The highest BCUT2D eigenvalue weighted by Crippen LogP contribution is 2.11. The Bertz CT molecular complexity index is 685. The van der Waals surface area contributed by atoms with Gasteiger partial charge in [-0.15, -0.1) is 0 Å². The molecule has 0 aliphatic carbocycles. The zero-order valence-corrected chi connectivity index (χ0v) is 17.0. The minimum atomic E-state index is -0.860.